The van der Waals surface area contributed by atoms with E-state index in [-0.39, 0.29) is 11.4 Å². The number of carbonyl (C=O) groups excluding carboxylic acids is 1. The van der Waals surface area contributed by atoms with Crippen molar-refractivity contribution in [1.82, 2.24) is 4.90 Å². The van der Waals surface area contributed by atoms with Gasteiger partial charge in [0.15, 0.2) is 0 Å². The van der Waals surface area contributed by atoms with Crippen LogP contribution in [0.3, 0.4) is 0 Å². The maximum Gasteiger partial charge on any atom is 0.253 e. The van der Waals surface area contributed by atoms with E-state index in [9.17, 15) is 4.79 Å². The van der Waals surface area contributed by atoms with Crippen LogP contribution in [0.15, 0.2) is 18.2 Å². The van der Waals surface area contributed by atoms with Crippen molar-refractivity contribution in [3.8, 4) is 0 Å². The fourth-order valence-corrected chi connectivity index (χ4v) is 1.46. The Morgan fingerprint density at radius 3 is 2.35 bits per heavy atom. The lowest BCUT2D eigenvalue weighted by molar-refractivity contribution is 0.0827. The highest BCUT2D eigenvalue weighted by Crippen LogP contribution is 2.24. The third kappa shape index (κ3) is 3.66. The van der Waals surface area contributed by atoms with Crippen molar-refractivity contribution in [1.29, 1.82) is 0 Å². The van der Waals surface area contributed by atoms with Crippen molar-refractivity contribution in [3.05, 3.63) is 23.8 Å². The quantitative estimate of drug-likeness (QED) is 0.772. The van der Waals surface area contributed by atoms with E-state index in [4.69, 9.17) is 5.73 Å². The van der Waals surface area contributed by atoms with Crippen LogP contribution in [0.1, 0.15) is 31.1 Å². The zero-order chi connectivity index (χ0) is 13.2. The number of nitrogens with zero attached hydrogens (tertiary/aromatic N) is 1. The van der Waals surface area contributed by atoms with Gasteiger partial charge in [-0.25, -0.2) is 0 Å². The van der Waals surface area contributed by atoms with Crippen LogP contribution in [0.25, 0.3) is 0 Å². The van der Waals surface area contributed by atoms with Crippen LogP contribution in [0.5, 0.6) is 0 Å². The third-order valence-corrected chi connectivity index (χ3v) is 2.22. The highest BCUT2D eigenvalue weighted by molar-refractivity contribution is 5.95. The van der Waals surface area contributed by atoms with Crippen molar-refractivity contribution in [2.24, 2.45) is 0 Å². The molecule has 1 rings (SSSR count). The lowest BCUT2D eigenvalue weighted by Crippen LogP contribution is -2.27. The molecule has 0 heterocycles. The largest absolute Gasteiger partial charge is 0.397 e. The van der Waals surface area contributed by atoms with E-state index in [0.717, 1.165) is 5.69 Å². The second-order valence-corrected chi connectivity index (χ2v) is 5.38. The van der Waals surface area contributed by atoms with Gasteiger partial charge in [-0.05, 0) is 39.0 Å². The fraction of sp³-hybridized carbons (Fsp3) is 0.462. The topological polar surface area (TPSA) is 58.4 Å². The Bertz CT molecular complexity index is 419. The van der Waals surface area contributed by atoms with Gasteiger partial charge < -0.3 is 16.0 Å². The molecule has 1 amide bonds. The van der Waals surface area contributed by atoms with Gasteiger partial charge in [0, 0.05) is 25.2 Å². The summed E-state index contributed by atoms with van der Waals surface area (Å²) >= 11 is 0. The first-order chi connectivity index (χ1) is 7.70. The second-order valence-electron chi connectivity index (χ2n) is 5.38. The SMILES string of the molecule is CN(C)C(=O)c1ccc(N)c(NC(C)(C)C)c1. The molecule has 4 heteroatoms. The Hall–Kier alpha value is -1.71. The van der Waals surface area contributed by atoms with Crippen molar-refractivity contribution in [2.45, 2.75) is 26.3 Å². The molecule has 0 fully saturated rings. The standard InChI is InChI=1S/C13H21N3O/c1-13(2,3)15-11-8-9(6-7-10(11)14)12(17)16(4)5/h6-8,15H,14H2,1-5H3. The molecule has 0 atom stereocenters. The zero-order valence-electron chi connectivity index (χ0n) is 11.2. The highest BCUT2D eigenvalue weighted by Gasteiger charge is 2.14. The number of nitrogen functional groups attached to an aromatic ring is 1. The zero-order valence-corrected chi connectivity index (χ0v) is 11.2. The monoisotopic (exact) mass is 235 g/mol. The summed E-state index contributed by atoms with van der Waals surface area (Å²) in [5.41, 5.74) is 7.88. The predicted octanol–water partition coefficient (Wildman–Crippen LogP) is 2.18. The lowest BCUT2D eigenvalue weighted by atomic mass is 10.1. The maximum atomic E-state index is 11.8. The molecule has 17 heavy (non-hydrogen) atoms. The first-order valence-corrected chi connectivity index (χ1v) is 5.60. The summed E-state index contributed by atoms with van der Waals surface area (Å²) in [6.07, 6.45) is 0. The second kappa shape index (κ2) is 4.65. The van der Waals surface area contributed by atoms with Gasteiger partial charge in [0.1, 0.15) is 0 Å². The summed E-state index contributed by atoms with van der Waals surface area (Å²) < 4.78 is 0. The van der Waals surface area contributed by atoms with Crippen LogP contribution in [0.2, 0.25) is 0 Å². The molecule has 1 aromatic rings. The van der Waals surface area contributed by atoms with Gasteiger partial charge in [0.25, 0.3) is 5.91 Å². The van der Waals surface area contributed by atoms with E-state index in [2.05, 4.69) is 5.32 Å². The van der Waals surface area contributed by atoms with Gasteiger partial charge in [0.05, 0.1) is 11.4 Å². The fourth-order valence-electron chi connectivity index (χ4n) is 1.46. The smallest absolute Gasteiger partial charge is 0.253 e. The summed E-state index contributed by atoms with van der Waals surface area (Å²) in [4.78, 5) is 13.4. The minimum absolute atomic E-state index is 0.0260. The number of amides is 1. The van der Waals surface area contributed by atoms with Gasteiger partial charge >= 0.3 is 0 Å². The molecular formula is C13H21N3O. The molecule has 0 radical (unpaired) electrons. The normalized spacial score (nSPS) is 11.1. The van der Waals surface area contributed by atoms with Crippen LogP contribution in [0.4, 0.5) is 11.4 Å². The molecule has 1 aromatic carbocycles. The molecule has 0 aliphatic carbocycles. The van der Waals surface area contributed by atoms with Gasteiger partial charge in [-0.2, -0.15) is 0 Å². The molecular weight excluding hydrogens is 214 g/mol. The summed E-state index contributed by atoms with van der Waals surface area (Å²) in [5, 5.41) is 3.29. The lowest BCUT2D eigenvalue weighted by Gasteiger charge is -2.24. The Kier molecular flexibility index (Phi) is 3.66. The summed E-state index contributed by atoms with van der Waals surface area (Å²) in [7, 11) is 3.46. The number of anilines is 2. The molecule has 0 unspecified atom stereocenters. The van der Waals surface area contributed by atoms with Crippen molar-refractivity contribution in [3.63, 3.8) is 0 Å². The number of nitrogens with two attached hydrogens (primary N) is 1. The minimum atomic E-state index is -0.0894. The van der Waals surface area contributed by atoms with Crippen molar-refractivity contribution >= 4 is 17.3 Å². The van der Waals surface area contributed by atoms with Crippen LogP contribution in [-0.2, 0) is 0 Å². The Morgan fingerprint density at radius 1 is 1.29 bits per heavy atom. The summed E-state index contributed by atoms with van der Waals surface area (Å²) in [6, 6.07) is 5.29. The number of hydrogen-bond acceptors (Lipinski definition) is 3. The Morgan fingerprint density at radius 2 is 1.88 bits per heavy atom. The Balaban J connectivity index is 3.07. The van der Waals surface area contributed by atoms with Crippen molar-refractivity contribution < 1.29 is 4.79 Å². The number of benzene rings is 1. The molecule has 0 bridgehead atoms. The van der Waals surface area contributed by atoms with Crippen LogP contribution in [0, 0.1) is 0 Å². The van der Waals surface area contributed by atoms with Crippen LogP contribution < -0.4 is 11.1 Å². The minimum Gasteiger partial charge on any atom is -0.397 e. The van der Waals surface area contributed by atoms with Gasteiger partial charge in [-0.15, -0.1) is 0 Å². The van der Waals surface area contributed by atoms with Crippen LogP contribution >= 0.6 is 0 Å². The van der Waals surface area contributed by atoms with Crippen LogP contribution in [-0.4, -0.2) is 30.4 Å². The molecule has 0 aliphatic heterocycles. The molecule has 4 nitrogen and oxygen atoms in total. The maximum absolute atomic E-state index is 11.8. The summed E-state index contributed by atoms with van der Waals surface area (Å²) in [6.45, 7) is 6.15. The average Bonchev–Trinajstić information content (AvgIpc) is 2.18. The third-order valence-electron chi connectivity index (χ3n) is 2.22. The molecule has 94 valence electrons. The number of carbonyl (C=O) groups is 1. The number of rotatable bonds is 2. The predicted molar refractivity (Wildman–Crippen MR) is 72.2 cm³/mol. The molecule has 0 aromatic heterocycles. The molecule has 3 N–H and O–H groups in total. The molecule has 0 aliphatic rings. The Labute approximate surface area is 103 Å². The number of nitrogens with one attached hydrogen (secondary N) is 1. The first-order valence-electron chi connectivity index (χ1n) is 5.60. The summed E-state index contributed by atoms with van der Waals surface area (Å²) in [5.74, 6) is -0.0260. The molecule has 0 spiro atoms. The van der Waals surface area contributed by atoms with Gasteiger partial charge in [-0.1, -0.05) is 0 Å². The molecule has 0 saturated heterocycles. The van der Waals surface area contributed by atoms with E-state index in [0.29, 0.717) is 11.3 Å². The van der Waals surface area contributed by atoms with E-state index >= 15 is 0 Å². The first kappa shape index (κ1) is 13.4. The van der Waals surface area contributed by atoms with Gasteiger partial charge in [0.2, 0.25) is 0 Å². The van der Waals surface area contributed by atoms with E-state index in [1.54, 1.807) is 37.2 Å². The highest BCUT2D eigenvalue weighted by atomic mass is 16.2. The average molecular weight is 235 g/mol. The molecule has 0 saturated carbocycles. The van der Waals surface area contributed by atoms with Gasteiger partial charge in [-0.3, -0.25) is 4.79 Å². The van der Waals surface area contributed by atoms with E-state index < -0.39 is 0 Å². The van der Waals surface area contributed by atoms with Crippen molar-refractivity contribution in [2.75, 3.05) is 25.1 Å². The number of hydrogen-bond donors (Lipinski definition) is 2. The van der Waals surface area contributed by atoms with E-state index in [1.807, 2.05) is 20.8 Å². The van der Waals surface area contributed by atoms with E-state index in [1.165, 1.54) is 0 Å².